The number of hydrogen-bond acceptors (Lipinski definition) is 6. The molecule has 13 heteroatoms. The third-order valence-corrected chi connectivity index (χ3v) is 4.67. The second-order valence-electron chi connectivity index (χ2n) is 6.90. The third kappa shape index (κ3) is 5.46. The van der Waals surface area contributed by atoms with E-state index in [0.29, 0.717) is 31.9 Å². The summed E-state index contributed by atoms with van der Waals surface area (Å²) in [6.07, 6.45) is -5.51. The summed E-state index contributed by atoms with van der Waals surface area (Å²) < 4.78 is 79.0. The number of rotatable bonds is 5. The number of nitrogens with one attached hydrogen (secondary N) is 3. The molecule has 0 radical (unpaired) electrons. The van der Waals surface area contributed by atoms with E-state index in [2.05, 4.69) is 30.6 Å². The molecule has 0 spiro atoms. The molecule has 0 aromatic carbocycles. The van der Waals surface area contributed by atoms with Crippen LogP contribution in [0.4, 0.5) is 38.1 Å². The van der Waals surface area contributed by atoms with Crippen molar-refractivity contribution >= 4 is 11.8 Å². The van der Waals surface area contributed by atoms with Crippen molar-refractivity contribution in [3.8, 4) is 0 Å². The van der Waals surface area contributed by atoms with Crippen LogP contribution in [-0.4, -0.2) is 32.2 Å². The van der Waals surface area contributed by atoms with E-state index in [4.69, 9.17) is 0 Å². The molecule has 3 rings (SSSR count). The first-order valence-corrected chi connectivity index (χ1v) is 9.09. The molecule has 1 aliphatic carbocycles. The van der Waals surface area contributed by atoms with Gasteiger partial charge in [0, 0.05) is 12.2 Å². The molecule has 0 aliphatic heterocycles. The fourth-order valence-corrected chi connectivity index (χ4v) is 3.15. The molecular weight excluding hydrogens is 418 g/mol. The first kappa shape index (κ1) is 22.0. The summed E-state index contributed by atoms with van der Waals surface area (Å²) in [5.41, 5.74) is -2.45. The average molecular weight is 437 g/mol. The van der Waals surface area contributed by atoms with Gasteiger partial charge in [-0.3, -0.25) is 4.98 Å². The zero-order valence-corrected chi connectivity index (χ0v) is 15.5. The highest BCUT2D eigenvalue weighted by atomic mass is 19.4. The maximum Gasteiger partial charge on any atom is 0.458 e. The Kier molecular flexibility index (Phi) is 6.29. The summed E-state index contributed by atoms with van der Waals surface area (Å²) in [6.45, 7) is -0.403. The fraction of sp³-hybridized carbons (Fsp3) is 0.529. The second kappa shape index (κ2) is 8.58. The normalized spacial score (nSPS) is 20.1. The summed E-state index contributed by atoms with van der Waals surface area (Å²) in [7, 11) is 0. The molecule has 0 saturated heterocycles. The third-order valence-electron chi connectivity index (χ3n) is 4.67. The van der Waals surface area contributed by atoms with Crippen molar-refractivity contribution in [3.05, 3.63) is 35.5 Å². The highest BCUT2D eigenvalue weighted by molar-refractivity contribution is 5.49. The fourth-order valence-electron chi connectivity index (χ4n) is 3.15. The van der Waals surface area contributed by atoms with Gasteiger partial charge in [0.1, 0.15) is 11.4 Å². The van der Waals surface area contributed by atoms with Gasteiger partial charge >= 0.3 is 12.4 Å². The van der Waals surface area contributed by atoms with Crippen molar-refractivity contribution in [2.24, 2.45) is 0 Å². The van der Waals surface area contributed by atoms with E-state index in [-0.39, 0.29) is 17.6 Å². The molecule has 0 amide bonds. The molecule has 2 heterocycles. The zero-order chi connectivity index (χ0) is 21.9. The number of aliphatic hydroxyl groups is 1. The Morgan fingerprint density at radius 3 is 2.37 bits per heavy atom. The number of halogens is 6. The number of aromatic amines is 1. The van der Waals surface area contributed by atoms with E-state index in [9.17, 15) is 31.4 Å². The summed E-state index contributed by atoms with van der Waals surface area (Å²) >= 11 is 0. The Balaban J connectivity index is 1.80. The molecular formula is C17H19F6N6O+. The van der Waals surface area contributed by atoms with Crippen LogP contribution >= 0.6 is 0 Å². The lowest BCUT2D eigenvalue weighted by Crippen LogP contribution is -2.30. The number of aliphatic hydroxyl groups excluding tert-OH is 1. The molecule has 30 heavy (non-hydrogen) atoms. The molecule has 1 saturated carbocycles. The van der Waals surface area contributed by atoms with Crippen molar-refractivity contribution in [2.45, 2.75) is 56.7 Å². The Bertz CT molecular complexity index is 867. The van der Waals surface area contributed by atoms with Crippen molar-refractivity contribution < 1.29 is 36.4 Å². The van der Waals surface area contributed by atoms with E-state index in [1.54, 1.807) is 0 Å². The van der Waals surface area contributed by atoms with Gasteiger partial charge in [-0.1, -0.05) is 0 Å². The Morgan fingerprint density at radius 2 is 1.73 bits per heavy atom. The van der Waals surface area contributed by atoms with Crippen LogP contribution in [0.25, 0.3) is 0 Å². The van der Waals surface area contributed by atoms with Gasteiger partial charge in [-0.2, -0.15) is 31.3 Å². The molecule has 2 aromatic rings. The van der Waals surface area contributed by atoms with Gasteiger partial charge in [0.2, 0.25) is 5.95 Å². The minimum atomic E-state index is -4.71. The SMILES string of the molecule is OC1CCC(Nc2nc(NCc3c[nH+]cnc3C(F)(F)F)ncc2C(F)(F)F)CC1. The van der Waals surface area contributed by atoms with Gasteiger partial charge in [0.15, 0.2) is 0 Å². The molecule has 1 aliphatic rings. The number of anilines is 2. The lowest BCUT2D eigenvalue weighted by atomic mass is 9.93. The predicted molar refractivity (Wildman–Crippen MR) is 92.0 cm³/mol. The number of H-pyrrole nitrogens is 1. The molecule has 7 nitrogen and oxygen atoms in total. The largest absolute Gasteiger partial charge is 0.458 e. The molecule has 0 atom stereocenters. The summed E-state index contributed by atoms with van der Waals surface area (Å²) in [6, 6.07) is -0.318. The molecule has 2 aromatic heterocycles. The van der Waals surface area contributed by atoms with Crippen LogP contribution in [0.2, 0.25) is 0 Å². The number of nitrogens with zero attached hydrogens (tertiary/aromatic N) is 3. The van der Waals surface area contributed by atoms with Crippen molar-refractivity contribution in [2.75, 3.05) is 10.6 Å². The first-order valence-electron chi connectivity index (χ1n) is 9.09. The first-order chi connectivity index (χ1) is 14.0. The lowest BCUT2D eigenvalue weighted by molar-refractivity contribution is -0.384. The van der Waals surface area contributed by atoms with Crippen LogP contribution in [0.5, 0.6) is 0 Å². The quantitative estimate of drug-likeness (QED) is 0.623. The minimum Gasteiger partial charge on any atom is -0.393 e. The summed E-state index contributed by atoms with van der Waals surface area (Å²) in [5.74, 6) is -0.728. The van der Waals surface area contributed by atoms with Crippen LogP contribution in [0, 0.1) is 0 Å². The summed E-state index contributed by atoms with van der Waals surface area (Å²) in [5, 5.41) is 14.8. The molecule has 1 fully saturated rings. The Hall–Kier alpha value is -2.70. The lowest BCUT2D eigenvalue weighted by Gasteiger charge is -2.27. The maximum absolute atomic E-state index is 13.3. The molecule has 164 valence electrons. The van der Waals surface area contributed by atoms with Crippen molar-refractivity contribution in [1.82, 2.24) is 15.0 Å². The topological polar surface area (TPSA) is 97.1 Å². The van der Waals surface area contributed by atoms with Gasteiger partial charge in [-0.15, -0.1) is 0 Å². The molecule has 0 bridgehead atoms. The van der Waals surface area contributed by atoms with Crippen LogP contribution < -0.4 is 15.6 Å². The second-order valence-corrected chi connectivity index (χ2v) is 6.90. The van der Waals surface area contributed by atoms with E-state index < -0.39 is 42.1 Å². The highest BCUT2D eigenvalue weighted by Crippen LogP contribution is 2.35. The van der Waals surface area contributed by atoms with Crippen LogP contribution in [0.3, 0.4) is 0 Å². The van der Waals surface area contributed by atoms with Crippen LogP contribution in [0.15, 0.2) is 18.7 Å². The number of aromatic nitrogens is 4. The average Bonchev–Trinajstić information content (AvgIpc) is 2.67. The van der Waals surface area contributed by atoms with E-state index in [1.165, 1.54) is 0 Å². The Labute approximate surface area is 167 Å². The maximum atomic E-state index is 13.3. The van der Waals surface area contributed by atoms with Gasteiger partial charge in [-0.05, 0) is 30.7 Å². The van der Waals surface area contributed by atoms with Gasteiger partial charge < -0.3 is 15.7 Å². The predicted octanol–water partition coefficient (Wildman–Crippen LogP) is 3.05. The Morgan fingerprint density at radius 1 is 1.03 bits per heavy atom. The summed E-state index contributed by atoms with van der Waals surface area (Å²) in [4.78, 5) is 13.1. The van der Waals surface area contributed by atoms with Crippen LogP contribution in [-0.2, 0) is 18.9 Å². The van der Waals surface area contributed by atoms with Gasteiger partial charge in [0.05, 0.1) is 24.4 Å². The van der Waals surface area contributed by atoms with Crippen molar-refractivity contribution in [3.63, 3.8) is 0 Å². The van der Waals surface area contributed by atoms with Gasteiger partial charge in [-0.25, -0.2) is 4.98 Å². The standard InChI is InChI=1S/C17H18F6N6O/c18-16(19,20)12-7-26-15(29-14(12)28-10-1-3-11(30)4-2-10)25-6-9-5-24-8-27-13(9)17(21,22)23/h5,7-8,10-11,30H,1-4,6H2,(H2,25,26,28,29)/p+1. The molecule has 0 unspecified atom stereocenters. The number of hydrogen-bond donors (Lipinski definition) is 3. The van der Waals surface area contributed by atoms with Crippen molar-refractivity contribution in [1.29, 1.82) is 0 Å². The zero-order valence-electron chi connectivity index (χ0n) is 15.5. The number of alkyl halides is 6. The van der Waals surface area contributed by atoms with E-state index in [0.717, 1.165) is 12.5 Å². The van der Waals surface area contributed by atoms with E-state index >= 15 is 0 Å². The van der Waals surface area contributed by atoms with E-state index in [1.807, 2.05) is 0 Å². The highest BCUT2D eigenvalue weighted by Gasteiger charge is 2.40. The van der Waals surface area contributed by atoms with Gasteiger partial charge in [0.25, 0.3) is 12.0 Å². The van der Waals surface area contributed by atoms with Crippen LogP contribution in [0.1, 0.15) is 42.5 Å². The minimum absolute atomic E-state index is 0.246. The monoisotopic (exact) mass is 437 g/mol. The molecule has 4 N–H and O–H groups in total. The smallest absolute Gasteiger partial charge is 0.393 e.